The van der Waals surface area contributed by atoms with Crippen molar-refractivity contribution in [3.8, 4) is 5.75 Å². The summed E-state index contributed by atoms with van der Waals surface area (Å²) in [6.45, 7) is 5.63. The first-order chi connectivity index (χ1) is 17.3. The van der Waals surface area contributed by atoms with E-state index < -0.39 is 35.3 Å². The standard InChI is InChI=1S/C26H23FN2O6S/c1-4-34-18-8-6-7-16(13-18)21(30)19-20(15-9-11-17(27)12-10-15)29(24(32)22(19)31)26-28-14(3)23(36-26)25(33)35-5-2/h6-13,20,30H,4-5H2,1-3H3. The van der Waals surface area contributed by atoms with Crippen molar-refractivity contribution in [3.63, 3.8) is 0 Å². The van der Waals surface area contributed by atoms with Crippen LogP contribution in [-0.4, -0.2) is 41.0 Å². The first-order valence-corrected chi connectivity index (χ1v) is 12.0. The number of hydrogen-bond acceptors (Lipinski definition) is 8. The van der Waals surface area contributed by atoms with Gasteiger partial charge in [-0.2, -0.15) is 0 Å². The number of rotatable bonds is 7. The largest absolute Gasteiger partial charge is 0.507 e. The van der Waals surface area contributed by atoms with E-state index in [9.17, 15) is 23.9 Å². The molecule has 2 aromatic carbocycles. The number of ketones is 1. The Kier molecular flexibility index (Phi) is 7.16. The molecular weight excluding hydrogens is 487 g/mol. The maximum absolute atomic E-state index is 13.7. The Morgan fingerprint density at radius 1 is 1.14 bits per heavy atom. The predicted octanol–water partition coefficient (Wildman–Crippen LogP) is 4.79. The van der Waals surface area contributed by atoms with E-state index in [0.29, 0.717) is 23.6 Å². The van der Waals surface area contributed by atoms with Crippen LogP contribution in [0.4, 0.5) is 9.52 Å². The number of esters is 1. The lowest BCUT2D eigenvalue weighted by atomic mass is 9.95. The summed E-state index contributed by atoms with van der Waals surface area (Å²) in [4.78, 5) is 44.5. The van der Waals surface area contributed by atoms with Crippen molar-refractivity contribution < 1.29 is 33.4 Å². The van der Waals surface area contributed by atoms with Crippen molar-refractivity contribution in [2.24, 2.45) is 0 Å². The maximum atomic E-state index is 13.7. The Morgan fingerprint density at radius 3 is 2.53 bits per heavy atom. The summed E-state index contributed by atoms with van der Waals surface area (Å²) in [6, 6.07) is 10.6. The number of benzene rings is 2. The molecule has 1 aromatic heterocycles. The summed E-state index contributed by atoms with van der Waals surface area (Å²) < 4.78 is 24.3. The highest BCUT2D eigenvalue weighted by atomic mass is 32.1. The second-order valence-electron chi connectivity index (χ2n) is 7.81. The van der Waals surface area contributed by atoms with Gasteiger partial charge in [0.25, 0.3) is 5.78 Å². The first-order valence-electron chi connectivity index (χ1n) is 11.2. The van der Waals surface area contributed by atoms with Crippen LogP contribution in [0.25, 0.3) is 5.76 Å². The number of anilines is 1. The molecule has 1 N–H and O–H groups in total. The average molecular weight is 511 g/mol. The topological polar surface area (TPSA) is 106 Å². The molecule has 1 amide bonds. The second-order valence-corrected chi connectivity index (χ2v) is 8.79. The number of aromatic nitrogens is 1. The van der Waals surface area contributed by atoms with Crippen molar-refractivity contribution >= 4 is 39.9 Å². The van der Waals surface area contributed by atoms with E-state index in [4.69, 9.17) is 9.47 Å². The summed E-state index contributed by atoms with van der Waals surface area (Å²) in [5, 5.41) is 11.3. The molecule has 4 rings (SSSR count). The van der Waals surface area contributed by atoms with Crippen molar-refractivity contribution in [3.05, 3.63) is 81.6 Å². The zero-order chi connectivity index (χ0) is 26.0. The molecule has 0 radical (unpaired) electrons. The van der Waals surface area contributed by atoms with Crippen LogP contribution >= 0.6 is 11.3 Å². The highest BCUT2D eigenvalue weighted by molar-refractivity contribution is 7.17. The molecule has 1 saturated heterocycles. The van der Waals surface area contributed by atoms with E-state index in [1.54, 1.807) is 38.1 Å². The van der Waals surface area contributed by atoms with Crippen LogP contribution in [0.5, 0.6) is 5.75 Å². The van der Waals surface area contributed by atoms with Crippen LogP contribution in [0, 0.1) is 12.7 Å². The average Bonchev–Trinajstić information content (AvgIpc) is 3.36. The Morgan fingerprint density at radius 2 is 1.86 bits per heavy atom. The van der Waals surface area contributed by atoms with E-state index in [1.807, 2.05) is 6.92 Å². The molecule has 2 heterocycles. The molecule has 3 aromatic rings. The fourth-order valence-electron chi connectivity index (χ4n) is 3.92. The van der Waals surface area contributed by atoms with Crippen LogP contribution in [0.1, 0.15) is 46.4 Å². The number of nitrogens with zero attached hydrogens (tertiary/aromatic N) is 2. The molecule has 10 heteroatoms. The van der Waals surface area contributed by atoms with Gasteiger partial charge in [-0.1, -0.05) is 35.6 Å². The molecule has 1 fully saturated rings. The summed E-state index contributed by atoms with van der Waals surface area (Å²) >= 11 is 0.900. The van der Waals surface area contributed by atoms with Gasteiger partial charge >= 0.3 is 11.9 Å². The van der Waals surface area contributed by atoms with Crippen molar-refractivity contribution in [2.75, 3.05) is 18.1 Å². The van der Waals surface area contributed by atoms with Crippen LogP contribution < -0.4 is 9.64 Å². The number of aryl methyl sites for hydroxylation is 1. The van der Waals surface area contributed by atoms with Gasteiger partial charge in [-0.15, -0.1) is 0 Å². The van der Waals surface area contributed by atoms with E-state index in [-0.39, 0.29) is 27.8 Å². The second kappa shape index (κ2) is 10.3. The number of Topliss-reactive ketones (excluding diaryl/α,β-unsaturated/α-hetero) is 1. The van der Waals surface area contributed by atoms with Gasteiger partial charge < -0.3 is 14.6 Å². The van der Waals surface area contributed by atoms with Crippen LogP contribution in [0.15, 0.2) is 54.1 Å². The number of aliphatic hydroxyl groups excluding tert-OH is 1. The number of ether oxygens (including phenoxy) is 2. The molecule has 1 atom stereocenters. The van der Waals surface area contributed by atoms with Gasteiger partial charge in [0, 0.05) is 5.56 Å². The summed E-state index contributed by atoms with van der Waals surface area (Å²) in [6.07, 6.45) is 0. The van der Waals surface area contributed by atoms with Crippen molar-refractivity contribution in [2.45, 2.75) is 26.8 Å². The summed E-state index contributed by atoms with van der Waals surface area (Å²) in [5.41, 5.74) is 0.792. The fourth-order valence-corrected chi connectivity index (χ4v) is 4.90. The highest BCUT2D eigenvalue weighted by Crippen LogP contribution is 2.44. The van der Waals surface area contributed by atoms with Gasteiger partial charge in [0.05, 0.1) is 30.5 Å². The minimum absolute atomic E-state index is 0.0779. The molecule has 1 aliphatic rings. The number of amides is 1. The normalized spacial score (nSPS) is 16.9. The quantitative estimate of drug-likeness (QED) is 0.211. The van der Waals surface area contributed by atoms with Crippen molar-refractivity contribution in [1.29, 1.82) is 0 Å². The maximum Gasteiger partial charge on any atom is 0.350 e. The molecule has 36 heavy (non-hydrogen) atoms. The van der Waals surface area contributed by atoms with Crippen LogP contribution in [0.2, 0.25) is 0 Å². The lowest BCUT2D eigenvalue weighted by molar-refractivity contribution is -0.132. The zero-order valence-electron chi connectivity index (χ0n) is 19.8. The van der Waals surface area contributed by atoms with E-state index in [1.165, 1.54) is 24.3 Å². The Balaban J connectivity index is 1.89. The Bertz CT molecular complexity index is 1370. The molecule has 0 bridgehead atoms. The molecule has 0 saturated carbocycles. The third kappa shape index (κ3) is 4.59. The van der Waals surface area contributed by atoms with Crippen molar-refractivity contribution in [1.82, 2.24) is 4.98 Å². The smallest absolute Gasteiger partial charge is 0.350 e. The summed E-state index contributed by atoms with van der Waals surface area (Å²) in [5.74, 6) is -2.91. The molecule has 186 valence electrons. The molecule has 0 spiro atoms. The van der Waals surface area contributed by atoms with Gasteiger partial charge in [-0.25, -0.2) is 14.2 Å². The third-order valence-corrected chi connectivity index (χ3v) is 6.64. The minimum Gasteiger partial charge on any atom is -0.507 e. The molecular formula is C26H23FN2O6S. The molecule has 1 aliphatic heterocycles. The first kappa shape index (κ1) is 25.1. The molecule has 1 unspecified atom stereocenters. The van der Waals surface area contributed by atoms with Crippen LogP contribution in [0.3, 0.4) is 0 Å². The molecule has 8 nitrogen and oxygen atoms in total. The van der Waals surface area contributed by atoms with Gasteiger partial charge in [-0.3, -0.25) is 14.5 Å². The minimum atomic E-state index is -1.11. The predicted molar refractivity (Wildman–Crippen MR) is 132 cm³/mol. The number of thiazole rings is 1. The number of carbonyl (C=O) groups is 3. The highest BCUT2D eigenvalue weighted by Gasteiger charge is 2.48. The van der Waals surface area contributed by atoms with Crippen LogP contribution in [-0.2, 0) is 14.3 Å². The van der Waals surface area contributed by atoms with Gasteiger partial charge in [0.1, 0.15) is 22.2 Å². The van der Waals surface area contributed by atoms with Gasteiger partial charge in [0.2, 0.25) is 0 Å². The van der Waals surface area contributed by atoms with Gasteiger partial charge in [-0.05, 0) is 50.6 Å². The SMILES string of the molecule is CCOC(=O)c1sc(N2C(=O)C(=O)C(=C(O)c3cccc(OCC)c3)C2c2ccc(F)cc2)nc1C. The number of hydrogen-bond donors (Lipinski definition) is 1. The third-order valence-electron chi connectivity index (χ3n) is 5.50. The molecule has 0 aliphatic carbocycles. The van der Waals surface area contributed by atoms with E-state index in [2.05, 4.69) is 4.98 Å². The number of aliphatic hydroxyl groups is 1. The number of halogens is 1. The lowest BCUT2D eigenvalue weighted by Gasteiger charge is -2.23. The number of carbonyl (C=O) groups excluding carboxylic acids is 3. The monoisotopic (exact) mass is 510 g/mol. The Hall–Kier alpha value is -4.05. The van der Waals surface area contributed by atoms with Gasteiger partial charge in [0.15, 0.2) is 5.13 Å². The Labute approximate surface area is 210 Å². The van der Waals surface area contributed by atoms with E-state index >= 15 is 0 Å². The summed E-state index contributed by atoms with van der Waals surface area (Å²) in [7, 11) is 0. The fraction of sp³-hybridized carbons (Fsp3) is 0.231. The lowest BCUT2D eigenvalue weighted by Crippen LogP contribution is -2.29. The zero-order valence-corrected chi connectivity index (χ0v) is 20.6. The van der Waals surface area contributed by atoms with E-state index in [0.717, 1.165) is 16.2 Å².